The molecule has 0 spiro atoms. The molecule has 1 N–H and O–H groups in total. The lowest BCUT2D eigenvalue weighted by molar-refractivity contribution is -0.140. The minimum absolute atomic E-state index is 0.205. The van der Waals surface area contributed by atoms with E-state index in [9.17, 15) is 4.79 Å². The smallest absolute Gasteiger partial charge is 0.307 e. The van der Waals surface area contributed by atoms with E-state index in [0.29, 0.717) is 13.0 Å². The molecule has 13 heavy (non-hydrogen) atoms. The van der Waals surface area contributed by atoms with Crippen molar-refractivity contribution in [1.82, 2.24) is 0 Å². The molecule has 0 aromatic heterocycles. The second-order valence-corrected chi connectivity index (χ2v) is 2.53. The fourth-order valence-corrected chi connectivity index (χ4v) is 0.905. The Labute approximate surface area is 77.7 Å². The zero-order chi connectivity index (χ0) is 9.52. The van der Waals surface area contributed by atoms with Crippen LogP contribution in [0.2, 0.25) is 0 Å². The van der Waals surface area contributed by atoms with E-state index in [0.717, 1.165) is 5.69 Å². The molecule has 0 unspecified atom stereocenters. The quantitative estimate of drug-likeness (QED) is 0.709. The second-order valence-electron chi connectivity index (χ2n) is 2.53. The molecule has 0 aliphatic carbocycles. The van der Waals surface area contributed by atoms with E-state index in [1.54, 1.807) is 0 Å². The van der Waals surface area contributed by atoms with Crippen molar-refractivity contribution in [3.63, 3.8) is 0 Å². The monoisotopic (exact) mass is 178 g/mol. The number of rotatable bonds is 4. The van der Waals surface area contributed by atoms with E-state index in [4.69, 9.17) is 0 Å². The van der Waals surface area contributed by atoms with Crippen molar-refractivity contribution in [1.29, 1.82) is 0 Å². The molecule has 1 radical (unpaired) electrons. The van der Waals surface area contributed by atoms with E-state index in [-0.39, 0.29) is 5.97 Å². The van der Waals surface area contributed by atoms with Gasteiger partial charge in [-0.25, -0.2) is 0 Å². The van der Waals surface area contributed by atoms with Gasteiger partial charge in [0.2, 0.25) is 0 Å². The standard InChI is InChI=1S/C10H12NO2/c1-13-10(12)7-8-11-9-5-3-2-4-6-9/h2-5,11H,7-8H2,1H3. The lowest BCUT2D eigenvalue weighted by Crippen LogP contribution is -2.09. The first kappa shape index (κ1) is 9.58. The number of hydrogen-bond acceptors (Lipinski definition) is 3. The summed E-state index contributed by atoms with van der Waals surface area (Å²) in [4.78, 5) is 10.7. The maximum atomic E-state index is 10.7. The van der Waals surface area contributed by atoms with Crippen LogP contribution in [0.5, 0.6) is 0 Å². The molecular formula is C10H12NO2. The number of benzene rings is 1. The van der Waals surface area contributed by atoms with Gasteiger partial charge in [0.25, 0.3) is 0 Å². The Morgan fingerprint density at radius 1 is 1.62 bits per heavy atom. The van der Waals surface area contributed by atoms with Crippen LogP contribution in [0.3, 0.4) is 0 Å². The fourth-order valence-electron chi connectivity index (χ4n) is 0.905. The van der Waals surface area contributed by atoms with Crippen LogP contribution in [-0.4, -0.2) is 19.6 Å². The predicted octanol–water partition coefficient (Wildman–Crippen LogP) is 1.46. The molecular weight excluding hydrogens is 166 g/mol. The molecule has 1 aromatic carbocycles. The lowest BCUT2D eigenvalue weighted by atomic mass is 10.3. The molecule has 3 heteroatoms. The number of ether oxygens (including phenoxy) is 1. The summed E-state index contributed by atoms with van der Waals surface area (Å²) in [7, 11) is 1.39. The maximum absolute atomic E-state index is 10.7. The summed E-state index contributed by atoms with van der Waals surface area (Å²) >= 11 is 0. The van der Waals surface area contributed by atoms with E-state index in [2.05, 4.69) is 16.1 Å². The molecule has 0 saturated heterocycles. The number of esters is 1. The highest BCUT2D eigenvalue weighted by Gasteiger charge is 1.98. The van der Waals surface area contributed by atoms with Gasteiger partial charge in [-0.2, -0.15) is 0 Å². The van der Waals surface area contributed by atoms with Crippen molar-refractivity contribution in [2.24, 2.45) is 0 Å². The third-order valence-electron chi connectivity index (χ3n) is 1.58. The van der Waals surface area contributed by atoms with Gasteiger partial charge in [-0.1, -0.05) is 18.2 Å². The van der Waals surface area contributed by atoms with Crippen LogP contribution in [-0.2, 0) is 9.53 Å². The molecule has 0 saturated carbocycles. The third kappa shape index (κ3) is 3.60. The first-order chi connectivity index (χ1) is 6.33. The van der Waals surface area contributed by atoms with Gasteiger partial charge in [-0.15, -0.1) is 0 Å². The van der Waals surface area contributed by atoms with Crippen LogP contribution in [0.15, 0.2) is 24.3 Å². The second kappa shape index (κ2) is 5.19. The predicted molar refractivity (Wildman–Crippen MR) is 50.4 cm³/mol. The van der Waals surface area contributed by atoms with Crippen molar-refractivity contribution >= 4 is 11.7 Å². The van der Waals surface area contributed by atoms with Gasteiger partial charge in [0.05, 0.1) is 13.5 Å². The van der Waals surface area contributed by atoms with E-state index in [1.807, 2.05) is 24.3 Å². The van der Waals surface area contributed by atoms with E-state index >= 15 is 0 Å². The van der Waals surface area contributed by atoms with E-state index < -0.39 is 0 Å². The summed E-state index contributed by atoms with van der Waals surface area (Å²) in [5.74, 6) is -0.205. The first-order valence-electron chi connectivity index (χ1n) is 4.10. The molecule has 0 aliphatic heterocycles. The number of methoxy groups -OCH3 is 1. The normalized spacial score (nSPS) is 9.31. The Hall–Kier alpha value is -1.51. The number of anilines is 1. The fraction of sp³-hybridized carbons (Fsp3) is 0.300. The summed E-state index contributed by atoms with van der Waals surface area (Å²) in [5.41, 5.74) is 0.895. The highest BCUT2D eigenvalue weighted by Crippen LogP contribution is 2.03. The number of nitrogens with one attached hydrogen (secondary N) is 1. The highest BCUT2D eigenvalue weighted by atomic mass is 16.5. The van der Waals surface area contributed by atoms with Gasteiger partial charge in [0, 0.05) is 18.3 Å². The van der Waals surface area contributed by atoms with Gasteiger partial charge >= 0.3 is 5.97 Å². The van der Waals surface area contributed by atoms with Gasteiger partial charge < -0.3 is 10.1 Å². The van der Waals surface area contributed by atoms with Gasteiger partial charge in [-0.05, 0) is 6.07 Å². The van der Waals surface area contributed by atoms with Crippen LogP contribution in [0, 0.1) is 6.07 Å². The van der Waals surface area contributed by atoms with Crippen LogP contribution >= 0.6 is 0 Å². The van der Waals surface area contributed by atoms with Gasteiger partial charge in [0.15, 0.2) is 0 Å². The minimum Gasteiger partial charge on any atom is -0.469 e. The van der Waals surface area contributed by atoms with Crippen LogP contribution in [0.1, 0.15) is 6.42 Å². The lowest BCUT2D eigenvalue weighted by Gasteiger charge is -2.03. The molecule has 69 valence electrons. The highest BCUT2D eigenvalue weighted by molar-refractivity contribution is 5.69. The number of carbonyl (C=O) groups is 1. The molecule has 0 aliphatic rings. The largest absolute Gasteiger partial charge is 0.469 e. The SMILES string of the molecule is COC(=O)CCNc1[c]cccc1. The molecule has 0 heterocycles. The van der Waals surface area contributed by atoms with Gasteiger partial charge in [-0.3, -0.25) is 4.79 Å². The number of hydrogen-bond donors (Lipinski definition) is 1. The van der Waals surface area contributed by atoms with Crippen LogP contribution in [0.4, 0.5) is 5.69 Å². The summed E-state index contributed by atoms with van der Waals surface area (Å²) in [6.45, 7) is 0.577. The molecule has 0 amide bonds. The Morgan fingerprint density at radius 2 is 2.46 bits per heavy atom. The number of para-hydroxylation sites is 1. The molecule has 3 nitrogen and oxygen atoms in total. The van der Waals surface area contributed by atoms with Crippen molar-refractivity contribution in [3.05, 3.63) is 30.3 Å². The van der Waals surface area contributed by atoms with E-state index in [1.165, 1.54) is 7.11 Å². The Kier molecular flexibility index (Phi) is 3.82. The zero-order valence-corrected chi connectivity index (χ0v) is 7.54. The average molecular weight is 178 g/mol. The van der Waals surface area contributed by atoms with Gasteiger partial charge in [0.1, 0.15) is 0 Å². The molecule has 1 rings (SSSR count). The Bertz CT molecular complexity index is 259. The zero-order valence-electron chi connectivity index (χ0n) is 7.54. The van der Waals surface area contributed by atoms with Crippen molar-refractivity contribution in [2.75, 3.05) is 19.0 Å². The third-order valence-corrected chi connectivity index (χ3v) is 1.58. The first-order valence-corrected chi connectivity index (χ1v) is 4.10. The minimum atomic E-state index is -0.205. The molecule has 0 atom stereocenters. The van der Waals surface area contributed by atoms with Crippen LogP contribution < -0.4 is 5.32 Å². The Balaban J connectivity index is 2.24. The molecule has 1 aromatic rings. The number of carbonyl (C=O) groups excluding carboxylic acids is 1. The summed E-state index contributed by atoms with van der Waals surface area (Å²) in [6.07, 6.45) is 0.374. The summed E-state index contributed by atoms with van der Waals surface area (Å²) < 4.78 is 4.50. The summed E-state index contributed by atoms with van der Waals surface area (Å²) in [6, 6.07) is 10.5. The maximum Gasteiger partial charge on any atom is 0.307 e. The van der Waals surface area contributed by atoms with Crippen LogP contribution in [0.25, 0.3) is 0 Å². The van der Waals surface area contributed by atoms with Crippen molar-refractivity contribution < 1.29 is 9.53 Å². The molecule has 0 bridgehead atoms. The topological polar surface area (TPSA) is 38.3 Å². The summed E-state index contributed by atoms with van der Waals surface area (Å²) in [5, 5.41) is 3.05. The average Bonchev–Trinajstić information content (AvgIpc) is 2.19. The molecule has 0 fully saturated rings. The van der Waals surface area contributed by atoms with Crippen molar-refractivity contribution in [3.8, 4) is 0 Å². The van der Waals surface area contributed by atoms with Crippen molar-refractivity contribution in [2.45, 2.75) is 6.42 Å². The Morgan fingerprint density at radius 3 is 3.08 bits per heavy atom.